The number of halogens is 3. The lowest BCUT2D eigenvalue weighted by atomic mass is 10.1. The van der Waals surface area contributed by atoms with Crippen LogP contribution in [0.3, 0.4) is 0 Å². The first-order chi connectivity index (χ1) is 10.7. The molecule has 5 nitrogen and oxygen atoms in total. The van der Waals surface area contributed by atoms with Crippen LogP contribution >= 0.6 is 46.6 Å². The van der Waals surface area contributed by atoms with Crippen LogP contribution in [0.15, 0.2) is 35.2 Å². The third kappa shape index (κ3) is 5.08. The number of hydrogen-bond donors (Lipinski definition) is 1. The summed E-state index contributed by atoms with van der Waals surface area (Å²) in [5.74, 6) is -0.0165. The summed E-state index contributed by atoms with van der Waals surface area (Å²) in [5, 5.41) is 2.70. The monoisotopic (exact) mass is 396 g/mol. The minimum Gasteiger partial charge on any atom is -0.444 e. The standard InChI is InChI=1S/C14H15Cl3N2O3S/c1-8-11(23-9(2)12(20)18-8)10-3-5-19(6-4-10)13(21)22-7-14(15,16)17/h3-6,9-10H,7H2,1-2H3,(H,18,20). The van der Waals surface area contributed by atoms with E-state index in [1.165, 1.54) is 16.7 Å². The van der Waals surface area contributed by atoms with Crippen molar-refractivity contribution in [3.05, 3.63) is 35.2 Å². The lowest BCUT2D eigenvalue weighted by Gasteiger charge is -2.28. The Bertz CT molecular complexity index is 585. The molecule has 0 aromatic carbocycles. The summed E-state index contributed by atoms with van der Waals surface area (Å²) in [7, 11) is 0. The summed E-state index contributed by atoms with van der Waals surface area (Å²) in [6.07, 6.45) is 6.23. The number of nitrogens with zero attached hydrogens (tertiary/aromatic N) is 1. The number of allylic oxidation sites excluding steroid dienone is 4. The highest BCUT2D eigenvalue weighted by Crippen LogP contribution is 2.36. The zero-order valence-corrected chi connectivity index (χ0v) is 15.5. The van der Waals surface area contributed by atoms with Gasteiger partial charge in [-0.25, -0.2) is 4.79 Å². The van der Waals surface area contributed by atoms with E-state index in [2.05, 4.69) is 5.32 Å². The number of carbonyl (C=O) groups is 2. The number of hydrogen-bond acceptors (Lipinski definition) is 4. The zero-order valence-electron chi connectivity index (χ0n) is 12.4. The fourth-order valence-electron chi connectivity index (χ4n) is 2.01. The van der Waals surface area contributed by atoms with E-state index in [-0.39, 0.29) is 23.7 Å². The lowest BCUT2D eigenvalue weighted by Crippen LogP contribution is -2.35. The smallest absolute Gasteiger partial charge is 0.418 e. The molecule has 2 amide bonds. The molecule has 0 spiro atoms. The molecule has 2 aliphatic rings. The molecule has 0 saturated carbocycles. The Balaban J connectivity index is 1.99. The molecule has 2 heterocycles. The third-order valence-corrected chi connectivity index (χ3v) is 4.86. The van der Waals surface area contributed by atoms with Gasteiger partial charge < -0.3 is 10.1 Å². The van der Waals surface area contributed by atoms with Gasteiger partial charge in [-0.2, -0.15) is 0 Å². The molecule has 0 bridgehead atoms. The van der Waals surface area contributed by atoms with E-state index in [9.17, 15) is 9.59 Å². The maximum Gasteiger partial charge on any atom is 0.418 e. The van der Waals surface area contributed by atoms with Gasteiger partial charge in [0.05, 0.1) is 5.25 Å². The van der Waals surface area contributed by atoms with Crippen molar-refractivity contribution in [1.29, 1.82) is 0 Å². The zero-order chi connectivity index (χ0) is 17.2. The van der Waals surface area contributed by atoms with E-state index < -0.39 is 9.89 Å². The second-order valence-corrected chi connectivity index (χ2v) is 8.92. The normalized spacial score (nSPS) is 22.4. The van der Waals surface area contributed by atoms with Crippen LogP contribution in [0.1, 0.15) is 13.8 Å². The quantitative estimate of drug-likeness (QED) is 0.717. The molecule has 0 saturated heterocycles. The maximum atomic E-state index is 11.8. The predicted molar refractivity (Wildman–Crippen MR) is 93.1 cm³/mol. The molecule has 1 N–H and O–H groups in total. The highest BCUT2D eigenvalue weighted by Gasteiger charge is 2.28. The van der Waals surface area contributed by atoms with Crippen molar-refractivity contribution in [3.63, 3.8) is 0 Å². The fourth-order valence-corrected chi connectivity index (χ4v) is 3.26. The van der Waals surface area contributed by atoms with Crippen molar-refractivity contribution in [2.24, 2.45) is 5.92 Å². The van der Waals surface area contributed by atoms with Crippen LogP contribution in [-0.2, 0) is 9.53 Å². The van der Waals surface area contributed by atoms with Crippen LogP contribution in [0.2, 0.25) is 0 Å². The molecule has 1 unspecified atom stereocenters. The van der Waals surface area contributed by atoms with Gasteiger partial charge in [0.15, 0.2) is 0 Å². The molecule has 0 aromatic rings. The second kappa shape index (κ2) is 7.38. The summed E-state index contributed by atoms with van der Waals surface area (Å²) in [4.78, 5) is 25.8. The lowest BCUT2D eigenvalue weighted by molar-refractivity contribution is -0.119. The fraction of sp³-hybridized carbons (Fsp3) is 0.429. The summed E-state index contributed by atoms with van der Waals surface area (Å²) in [6, 6.07) is 0. The molecule has 0 aliphatic carbocycles. The van der Waals surface area contributed by atoms with Crippen LogP contribution in [0.5, 0.6) is 0 Å². The number of nitrogens with one attached hydrogen (secondary N) is 1. The van der Waals surface area contributed by atoms with E-state index in [0.717, 1.165) is 10.6 Å². The SMILES string of the molecule is CC1=C(C2C=CN(C(=O)OCC(Cl)(Cl)Cl)C=C2)SC(C)C(=O)N1. The largest absolute Gasteiger partial charge is 0.444 e. The van der Waals surface area contributed by atoms with Crippen LogP contribution in [0.25, 0.3) is 0 Å². The molecular formula is C14H15Cl3N2O3S. The van der Waals surface area contributed by atoms with E-state index in [4.69, 9.17) is 39.5 Å². The Kier molecular flexibility index (Phi) is 5.94. The molecule has 2 rings (SSSR count). The average Bonchev–Trinajstić information content (AvgIpc) is 2.48. The van der Waals surface area contributed by atoms with Gasteiger partial charge in [0, 0.05) is 28.9 Å². The van der Waals surface area contributed by atoms with Crippen molar-refractivity contribution in [2.75, 3.05) is 6.61 Å². The topological polar surface area (TPSA) is 58.6 Å². The molecule has 23 heavy (non-hydrogen) atoms. The van der Waals surface area contributed by atoms with Gasteiger partial charge in [-0.05, 0) is 13.8 Å². The van der Waals surface area contributed by atoms with Crippen molar-refractivity contribution in [2.45, 2.75) is 22.9 Å². The summed E-state index contributed by atoms with van der Waals surface area (Å²) in [6.45, 7) is 3.38. The van der Waals surface area contributed by atoms with E-state index in [1.54, 1.807) is 12.4 Å². The number of rotatable bonds is 2. The number of amides is 2. The molecular weight excluding hydrogens is 383 g/mol. The average molecular weight is 398 g/mol. The number of ether oxygens (including phenoxy) is 1. The number of carbonyl (C=O) groups excluding carboxylic acids is 2. The molecule has 0 radical (unpaired) electrons. The minimum atomic E-state index is -1.64. The maximum absolute atomic E-state index is 11.8. The van der Waals surface area contributed by atoms with Crippen LogP contribution in [0, 0.1) is 5.92 Å². The van der Waals surface area contributed by atoms with Gasteiger partial charge >= 0.3 is 6.09 Å². The second-order valence-electron chi connectivity index (χ2n) is 5.02. The van der Waals surface area contributed by atoms with Crippen LogP contribution in [0.4, 0.5) is 4.79 Å². The van der Waals surface area contributed by atoms with E-state index >= 15 is 0 Å². The Hall–Kier alpha value is -0.820. The minimum absolute atomic E-state index is 0.00284. The van der Waals surface area contributed by atoms with Gasteiger partial charge in [-0.15, -0.1) is 11.8 Å². The highest BCUT2D eigenvalue weighted by atomic mass is 35.6. The highest BCUT2D eigenvalue weighted by molar-refractivity contribution is 8.04. The van der Waals surface area contributed by atoms with E-state index in [0.29, 0.717) is 0 Å². The first-order valence-corrected chi connectivity index (χ1v) is 8.75. The summed E-state index contributed by atoms with van der Waals surface area (Å²) in [5.41, 5.74) is 0.824. The van der Waals surface area contributed by atoms with Crippen LogP contribution < -0.4 is 5.32 Å². The van der Waals surface area contributed by atoms with Crippen molar-refractivity contribution < 1.29 is 14.3 Å². The molecule has 126 valence electrons. The molecule has 0 aromatic heterocycles. The van der Waals surface area contributed by atoms with Gasteiger partial charge in [0.2, 0.25) is 9.70 Å². The van der Waals surface area contributed by atoms with E-state index in [1.807, 2.05) is 26.0 Å². The predicted octanol–water partition coefficient (Wildman–Crippen LogP) is 3.94. The third-order valence-electron chi connectivity index (χ3n) is 3.13. The Labute approximate surface area is 153 Å². The molecule has 1 atom stereocenters. The Morgan fingerprint density at radius 2 is 2.00 bits per heavy atom. The van der Waals surface area contributed by atoms with Gasteiger partial charge in [0.1, 0.15) is 6.61 Å². The molecule has 2 aliphatic heterocycles. The summed E-state index contributed by atoms with van der Waals surface area (Å²) < 4.78 is 3.25. The van der Waals surface area contributed by atoms with Crippen molar-refractivity contribution in [1.82, 2.24) is 10.2 Å². The van der Waals surface area contributed by atoms with Gasteiger partial charge in [-0.1, -0.05) is 47.0 Å². The van der Waals surface area contributed by atoms with Crippen molar-refractivity contribution in [3.8, 4) is 0 Å². The number of thioether (sulfide) groups is 1. The molecule has 9 heteroatoms. The summed E-state index contributed by atoms with van der Waals surface area (Å²) >= 11 is 18.1. The van der Waals surface area contributed by atoms with Gasteiger partial charge in [-0.3, -0.25) is 9.69 Å². The Morgan fingerprint density at radius 1 is 1.39 bits per heavy atom. The Morgan fingerprint density at radius 3 is 2.57 bits per heavy atom. The van der Waals surface area contributed by atoms with Crippen molar-refractivity contribution >= 4 is 58.6 Å². The first-order valence-electron chi connectivity index (χ1n) is 6.74. The van der Waals surface area contributed by atoms with Gasteiger partial charge in [0.25, 0.3) is 0 Å². The van der Waals surface area contributed by atoms with Crippen LogP contribution in [-0.4, -0.2) is 32.5 Å². The number of alkyl halides is 3. The molecule has 0 fully saturated rings. The first kappa shape index (κ1) is 18.5.